The highest BCUT2D eigenvalue weighted by Gasteiger charge is 2.35. The molecule has 1 heterocycles. The molecule has 0 atom stereocenters. The maximum atomic E-state index is 12.6. The number of amides is 1. The smallest absolute Gasteiger partial charge is 0.261 e. The van der Waals surface area contributed by atoms with Gasteiger partial charge in [0.15, 0.2) is 0 Å². The Morgan fingerprint density at radius 1 is 1.20 bits per heavy atom. The van der Waals surface area contributed by atoms with Crippen molar-refractivity contribution in [1.29, 1.82) is 0 Å². The number of rotatable bonds is 4. The first kappa shape index (κ1) is 13.0. The van der Waals surface area contributed by atoms with Crippen LogP contribution in [0.3, 0.4) is 0 Å². The van der Waals surface area contributed by atoms with E-state index in [1.807, 2.05) is 17.5 Å². The molecule has 0 radical (unpaired) electrons. The summed E-state index contributed by atoms with van der Waals surface area (Å²) in [5, 5.41) is 21.6. The summed E-state index contributed by atoms with van der Waals surface area (Å²) in [6.45, 7) is 0.523. The molecule has 0 spiro atoms. The predicted octanol–water partition coefficient (Wildman–Crippen LogP) is 2.96. The summed E-state index contributed by atoms with van der Waals surface area (Å²) in [6.07, 6.45) is 1.96. The van der Waals surface area contributed by atoms with Crippen LogP contribution in [0.15, 0.2) is 35.7 Å². The molecule has 104 valence electrons. The monoisotopic (exact) mass is 289 g/mol. The number of carbonyl (C=O) groups excluding carboxylic acids is 1. The first-order valence-electron chi connectivity index (χ1n) is 6.51. The van der Waals surface area contributed by atoms with E-state index >= 15 is 0 Å². The fraction of sp³-hybridized carbons (Fsp3) is 0.267. The molecular weight excluding hydrogens is 274 g/mol. The van der Waals surface area contributed by atoms with Gasteiger partial charge in [-0.1, -0.05) is 12.1 Å². The molecule has 1 aliphatic carbocycles. The minimum Gasteiger partial charge on any atom is -0.507 e. The second-order valence-electron chi connectivity index (χ2n) is 4.91. The van der Waals surface area contributed by atoms with E-state index in [0.717, 1.165) is 17.7 Å². The fourth-order valence-electron chi connectivity index (χ4n) is 2.21. The fourth-order valence-corrected chi connectivity index (χ4v) is 2.92. The number of benzene rings is 1. The molecule has 5 heteroatoms. The van der Waals surface area contributed by atoms with Crippen LogP contribution < -0.4 is 0 Å². The van der Waals surface area contributed by atoms with E-state index in [4.69, 9.17) is 0 Å². The van der Waals surface area contributed by atoms with Gasteiger partial charge in [-0.15, -0.1) is 11.3 Å². The lowest BCUT2D eigenvalue weighted by molar-refractivity contribution is 0.0725. The number of carbonyl (C=O) groups is 1. The highest BCUT2D eigenvalue weighted by molar-refractivity contribution is 7.09. The van der Waals surface area contributed by atoms with E-state index in [2.05, 4.69) is 0 Å². The molecule has 1 aliphatic rings. The first-order chi connectivity index (χ1) is 9.66. The third-order valence-corrected chi connectivity index (χ3v) is 4.25. The number of thiophene rings is 1. The number of aromatic hydroxyl groups is 2. The quantitative estimate of drug-likeness (QED) is 0.909. The Balaban J connectivity index is 1.89. The molecule has 0 aliphatic heterocycles. The Morgan fingerprint density at radius 2 is 1.90 bits per heavy atom. The lowest BCUT2D eigenvalue weighted by Gasteiger charge is -2.22. The van der Waals surface area contributed by atoms with Crippen molar-refractivity contribution in [1.82, 2.24) is 4.90 Å². The largest absolute Gasteiger partial charge is 0.507 e. The Hall–Kier alpha value is -2.01. The summed E-state index contributed by atoms with van der Waals surface area (Å²) in [5.74, 6) is -0.657. The van der Waals surface area contributed by atoms with Crippen LogP contribution in [0.5, 0.6) is 11.5 Å². The van der Waals surface area contributed by atoms with Crippen molar-refractivity contribution >= 4 is 17.2 Å². The van der Waals surface area contributed by atoms with Crippen LogP contribution >= 0.6 is 11.3 Å². The predicted molar refractivity (Wildman–Crippen MR) is 77.0 cm³/mol. The van der Waals surface area contributed by atoms with Crippen molar-refractivity contribution in [3.63, 3.8) is 0 Å². The van der Waals surface area contributed by atoms with Gasteiger partial charge in [0.2, 0.25) is 0 Å². The van der Waals surface area contributed by atoms with Crippen molar-refractivity contribution in [2.24, 2.45) is 0 Å². The SMILES string of the molecule is O=C(c1c(O)cccc1O)N(Cc1cccs1)C1CC1. The molecule has 1 amide bonds. The molecule has 1 aromatic carbocycles. The minimum absolute atomic E-state index is 0.00374. The van der Waals surface area contributed by atoms with Crippen LogP contribution in [0.25, 0.3) is 0 Å². The number of phenolic OH excluding ortho intramolecular Hbond substituents is 2. The molecule has 1 saturated carbocycles. The molecule has 0 unspecified atom stereocenters. The Labute approximate surface area is 120 Å². The molecule has 4 nitrogen and oxygen atoms in total. The van der Waals surface area contributed by atoms with Gasteiger partial charge in [-0.05, 0) is 36.4 Å². The van der Waals surface area contributed by atoms with Gasteiger partial charge in [-0.25, -0.2) is 0 Å². The van der Waals surface area contributed by atoms with Gasteiger partial charge in [0.05, 0.1) is 6.54 Å². The van der Waals surface area contributed by atoms with Gasteiger partial charge >= 0.3 is 0 Å². The third kappa shape index (κ3) is 2.49. The summed E-state index contributed by atoms with van der Waals surface area (Å²) in [4.78, 5) is 15.4. The average Bonchev–Trinajstić information content (AvgIpc) is 3.12. The van der Waals surface area contributed by atoms with Crippen LogP contribution in [0.4, 0.5) is 0 Å². The standard InChI is InChI=1S/C15H15NO3S/c17-12-4-1-5-13(18)14(12)15(19)16(10-6-7-10)9-11-3-2-8-20-11/h1-5,8,10,17-18H,6-7,9H2. The topological polar surface area (TPSA) is 60.8 Å². The van der Waals surface area contributed by atoms with E-state index in [0.29, 0.717) is 6.54 Å². The Morgan fingerprint density at radius 3 is 2.45 bits per heavy atom. The van der Waals surface area contributed by atoms with Crippen molar-refractivity contribution < 1.29 is 15.0 Å². The second-order valence-corrected chi connectivity index (χ2v) is 5.95. The van der Waals surface area contributed by atoms with E-state index in [1.165, 1.54) is 18.2 Å². The summed E-state index contributed by atoms with van der Waals surface area (Å²) in [6, 6.07) is 8.50. The molecule has 3 rings (SSSR count). The van der Waals surface area contributed by atoms with E-state index in [1.54, 1.807) is 16.2 Å². The molecule has 0 bridgehead atoms. The zero-order valence-corrected chi connectivity index (χ0v) is 11.6. The van der Waals surface area contributed by atoms with Crippen LogP contribution in [-0.4, -0.2) is 27.1 Å². The van der Waals surface area contributed by atoms with Crippen LogP contribution in [0.1, 0.15) is 28.1 Å². The normalized spacial score (nSPS) is 14.2. The van der Waals surface area contributed by atoms with E-state index in [9.17, 15) is 15.0 Å². The summed E-state index contributed by atoms with van der Waals surface area (Å²) in [5.41, 5.74) is -0.00374. The summed E-state index contributed by atoms with van der Waals surface area (Å²) in [7, 11) is 0. The number of hydrogen-bond donors (Lipinski definition) is 2. The van der Waals surface area contributed by atoms with E-state index < -0.39 is 0 Å². The first-order valence-corrected chi connectivity index (χ1v) is 7.39. The number of hydrogen-bond acceptors (Lipinski definition) is 4. The van der Waals surface area contributed by atoms with Crippen molar-refractivity contribution in [2.45, 2.75) is 25.4 Å². The van der Waals surface area contributed by atoms with Gasteiger partial charge in [0.25, 0.3) is 5.91 Å². The van der Waals surface area contributed by atoms with Gasteiger partial charge in [0, 0.05) is 10.9 Å². The average molecular weight is 289 g/mol. The van der Waals surface area contributed by atoms with Crippen molar-refractivity contribution in [2.75, 3.05) is 0 Å². The molecule has 1 aromatic heterocycles. The van der Waals surface area contributed by atoms with Gasteiger partial charge in [0.1, 0.15) is 17.1 Å². The van der Waals surface area contributed by atoms with Crippen LogP contribution in [0.2, 0.25) is 0 Å². The molecule has 1 fully saturated rings. The highest BCUT2D eigenvalue weighted by atomic mass is 32.1. The molecular formula is C15H15NO3S. The maximum Gasteiger partial charge on any atom is 0.261 e. The number of nitrogens with zero attached hydrogens (tertiary/aromatic N) is 1. The van der Waals surface area contributed by atoms with Crippen LogP contribution in [0, 0.1) is 0 Å². The highest BCUT2D eigenvalue weighted by Crippen LogP contribution is 2.34. The Bertz CT molecular complexity index is 600. The third-order valence-electron chi connectivity index (χ3n) is 3.39. The molecule has 2 aromatic rings. The lowest BCUT2D eigenvalue weighted by Crippen LogP contribution is -2.32. The van der Waals surface area contributed by atoms with Crippen LogP contribution in [-0.2, 0) is 6.54 Å². The molecule has 0 saturated heterocycles. The zero-order valence-electron chi connectivity index (χ0n) is 10.8. The maximum absolute atomic E-state index is 12.6. The number of phenols is 2. The minimum atomic E-state index is -0.309. The second kappa shape index (κ2) is 5.17. The van der Waals surface area contributed by atoms with Crippen molar-refractivity contribution in [3.05, 3.63) is 46.2 Å². The molecule has 2 N–H and O–H groups in total. The van der Waals surface area contributed by atoms with E-state index in [-0.39, 0.29) is 29.0 Å². The lowest BCUT2D eigenvalue weighted by atomic mass is 10.1. The van der Waals surface area contributed by atoms with Gasteiger partial charge in [-0.3, -0.25) is 4.79 Å². The van der Waals surface area contributed by atoms with Gasteiger partial charge < -0.3 is 15.1 Å². The van der Waals surface area contributed by atoms with Gasteiger partial charge in [-0.2, -0.15) is 0 Å². The molecule has 20 heavy (non-hydrogen) atoms. The van der Waals surface area contributed by atoms with Crippen molar-refractivity contribution in [3.8, 4) is 11.5 Å². The summed E-state index contributed by atoms with van der Waals surface area (Å²) >= 11 is 1.60. The summed E-state index contributed by atoms with van der Waals surface area (Å²) < 4.78 is 0. The Kier molecular flexibility index (Phi) is 3.36. The zero-order chi connectivity index (χ0) is 14.1.